The van der Waals surface area contributed by atoms with E-state index in [1.54, 1.807) is 13.0 Å². The van der Waals surface area contributed by atoms with Gasteiger partial charge in [0.25, 0.3) is 0 Å². The Balaban J connectivity index is 1.95. The van der Waals surface area contributed by atoms with Gasteiger partial charge in [-0.25, -0.2) is 9.38 Å². The van der Waals surface area contributed by atoms with Crippen molar-refractivity contribution in [1.82, 2.24) is 16.0 Å². The molecular weight excluding hydrogens is 295 g/mol. The molecule has 1 fully saturated rings. The molecule has 6 heteroatoms. The smallest absolute Gasteiger partial charge is 0.242 e. The molecular formula is C17H25FN4O. The molecule has 2 rings (SSSR count). The SMILES string of the molecule is CCNC(=NCC(=O)NC1CC1)NC(C)c1ccc(C)c(F)c1. The van der Waals surface area contributed by atoms with Crippen LogP contribution < -0.4 is 16.0 Å². The van der Waals surface area contributed by atoms with E-state index in [1.165, 1.54) is 6.07 Å². The quantitative estimate of drug-likeness (QED) is 0.555. The van der Waals surface area contributed by atoms with Gasteiger partial charge < -0.3 is 16.0 Å². The van der Waals surface area contributed by atoms with E-state index in [-0.39, 0.29) is 24.3 Å². The van der Waals surface area contributed by atoms with Gasteiger partial charge in [0, 0.05) is 12.6 Å². The lowest BCUT2D eigenvalue weighted by Gasteiger charge is -2.18. The zero-order valence-electron chi connectivity index (χ0n) is 13.9. The molecule has 3 N–H and O–H groups in total. The van der Waals surface area contributed by atoms with Gasteiger partial charge in [-0.05, 0) is 50.8 Å². The number of nitrogens with one attached hydrogen (secondary N) is 3. The number of benzene rings is 1. The molecule has 23 heavy (non-hydrogen) atoms. The van der Waals surface area contributed by atoms with Crippen LogP contribution in [0.4, 0.5) is 4.39 Å². The molecule has 1 aromatic carbocycles. The molecule has 0 aromatic heterocycles. The minimum atomic E-state index is -0.220. The van der Waals surface area contributed by atoms with Gasteiger partial charge in [-0.1, -0.05) is 12.1 Å². The van der Waals surface area contributed by atoms with Crippen LogP contribution in [0.25, 0.3) is 0 Å². The average Bonchev–Trinajstić information content (AvgIpc) is 3.31. The normalized spacial score (nSPS) is 15.9. The Labute approximate surface area is 136 Å². The fourth-order valence-electron chi connectivity index (χ4n) is 2.14. The van der Waals surface area contributed by atoms with E-state index < -0.39 is 0 Å². The second-order valence-electron chi connectivity index (χ2n) is 5.91. The first kappa shape index (κ1) is 17.2. The summed E-state index contributed by atoms with van der Waals surface area (Å²) in [4.78, 5) is 16.0. The van der Waals surface area contributed by atoms with Gasteiger partial charge in [-0.3, -0.25) is 4.79 Å². The summed E-state index contributed by atoms with van der Waals surface area (Å²) in [5, 5.41) is 9.19. The molecule has 1 saturated carbocycles. The van der Waals surface area contributed by atoms with E-state index in [4.69, 9.17) is 0 Å². The second-order valence-corrected chi connectivity index (χ2v) is 5.91. The van der Waals surface area contributed by atoms with Crippen LogP contribution in [0.3, 0.4) is 0 Å². The Hall–Kier alpha value is -2.11. The summed E-state index contributed by atoms with van der Waals surface area (Å²) >= 11 is 0. The molecule has 1 unspecified atom stereocenters. The highest BCUT2D eigenvalue weighted by atomic mass is 19.1. The number of guanidine groups is 1. The van der Waals surface area contributed by atoms with E-state index in [2.05, 4.69) is 20.9 Å². The highest BCUT2D eigenvalue weighted by Crippen LogP contribution is 2.18. The van der Waals surface area contributed by atoms with E-state index in [0.29, 0.717) is 24.1 Å². The molecule has 1 amide bonds. The van der Waals surface area contributed by atoms with E-state index in [1.807, 2.05) is 19.9 Å². The number of aryl methyl sites for hydroxylation is 1. The van der Waals surface area contributed by atoms with Gasteiger partial charge in [-0.2, -0.15) is 0 Å². The second kappa shape index (κ2) is 7.94. The number of rotatable bonds is 6. The first-order chi connectivity index (χ1) is 11.0. The van der Waals surface area contributed by atoms with Crippen molar-refractivity contribution in [3.63, 3.8) is 0 Å². The van der Waals surface area contributed by atoms with Crippen LogP contribution in [0.15, 0.2) is 23.2 Å². The lowest BCUT2D eigenvalue weighted by molar-refractivity contribution is -0.119. The predicted molar refractivity (Wildman–Crippen MR) is 89.8 cm³/mol. The summed E-state index contributed by atoms with van der Waals surface area (Å²) in [6, 6.07) is 5.39. The van der Waals surface area contributed by atoms with Crippen LogP contribution in [-0.4, -0.2) is 31.0 Å². The van der Waals surface area contributed by atoms with Crippen LogP contribution in [0.5, 0.6) is 0 Å². The number of hydrogen-bond acceptors (Lipinski definition) is 2. The third-order valence-electron chi connectivity index (χ3n) is 3.72. The summed E-state index contributed by atoms with van der Waals surface area (Å²) in [5.74, 6) is 0.257. The van der Waals surface area contributed by atoms with Crippen LogP contribution in [0.1, 0.15) is 43.9 Å². The lowest BCUT2D eigenvalue weighted by atomic mass is 10.1. The highest BCUT2D eigenvalue weighted by molar-refractivity contribution is 5.85. The molecule has 1 aliphatic rings. The minimum absolute atomic E-state index is 0.0706. The Morgan fingerprint density at radius 2 is 2.17 bits per heavy atom. The van der Waals surface area contributed by atoms with Gasteiger partial charge in [-0.15, -0.1) is 0 Å². The summed E-state index contributed by atoms with van der Waals surface area (Å²) < 4.78 is 13.7. The predicted octanol–water partition coefficient (Wildman–Crippen LogP) is 2.03. The van der Waals surface area contributed by atoms with Gasteiger partial charge in [0.05, 0.1) is 6.04 Å². The molecule has 1 aliphatic carbocycles. The summed E-state index contributed by atoms with van der Waals surface area (Å²) in [6.45, 7) is 6.39. The number of aliphatic imine (C=N–C) groups is 1. The Morgan fingerprint density at radius 1 is 1.43 bits per heavy atom. The van der Waals surface area contributed by atoms with Crippen molar-refractivity contribution >= 4 is 11.9 Å². The largest absolute Gasteiger partial charge is 0.357 e. The average molecular weight is 320 g/mol. The standard InChI is InChI=1S/C17H25FN4O/c1-4-19-17(20-10-16(23)22-14-7-8-14)21-12(3)13-6-5-11(2)15(18)9-13/h5-6,9,12,14H,4,7-8,10H2,1-3H3,(H,22,23)(H2,19,20,21). The number of carbonyl (C=O) groups is 1. The van der Waals surface area contributed by atoms with Crippen molar-refractivity contribution in [2.75, 3.05) is 13.1 Å². The molecule has 1 atom stereocenters. The molecule has 0 radical (unpaired) electrons. The van der Waals surface area contributed by atoms with E-state index >= 15 is 0 Å². The highest BCUT2D eigenvalue weighted by Gasteiger charge is 2.22. The number of nitrogens with zero attached hydrogens (tertiary/aromatic N) is 1. The zero-order valence-corrected chi connectivity index (χ0v) is 13.9. The number of carbonyl (C=O) groups excluding carboxylic acids is 1. The fourth-order valence-corrected chi connectivity index (χ4v) is 2.14. The molecule has 0 aliphatic heterocycles. The van der Waals surface area contributed by atoms with Crippen LogP contribution >= 0.6 is 0 Å². The first-order valence-electron chi connectivity index (χ1n) is 8.10. The fraction of sp³-hybridized carbons (Fsp3) is 0.529. The maximum absolute atomic E-state index is 13.7. The molecule has 0 heterocycles. The van der Waals surface area contributed by atoms with E-state index in [9.17, 15) is 9.18 Å². The molecule has 1 aromatic rings. The van der Waals surface area contributed by atoms with E-state index in [0.717, 1.165) is 18.4 Å². The molecule has 0 bridgehead atoms. The van der Waals surface area contributed by atoms with Gasteiger partial charge in [0.2, 0.25) is 5.91 Å². The van der Waals surface area contributed by atoms with Crippen molar-refractivity contribution in [2.24, 2.45) is 4.99 Å². The van der Waals surface area contributed by atoms with Crippen molar-refractivity contribution in [3.05, 3.63) is 35.1 Å². The maximum atomic E-state index is 13.7. The van der Waals surface area contributed by atoms with Crippen LogP contribution in [0.2, 0.25) is 0 Å². The van der Waals surface area contributed by atoms with Crippen molar-refractivity contribution < 1.29 is 9.18 Å². The van der Waals surface area contributed by atoms with Gasteiger partial charge >= 0.3 is 0 Å². The number of hydrogen-bond donors (Lipinski definition) is 3. The summed E-state index contributed by atoms with van der Waals surface area (Å²) in [7, 11) is 0. The molecule has 5 nitrogen and oxygen atoms in total. The van der Waals surface area contributed by atoms with Gasteiger partial charge in [0.15, 0.2) is 5.96 Å². The van der Waals surface area contributed by atoms with Crippen LogP contribution in [-0.2, 0) is 4.79 Å². The topological polar surface area (TPSA) is 65.5 Å². The third kappa shape index (κ3) is 5.54. The summed E-state index contributed by atoms with van der Waals surface area (Å²) in [5.41, 5.74) is 1.46. The Morgan fingerprint density at radius 3 is 2.78 bits per heavy atom. The van der Waals surface area contributed by atoms with Crippen molar-refractivity contribution in [1.29, 1.82) is 0 Å². The zero-order chi connectivity index (χ0) is 16.8. The van der Waals surface area contributed by atoms with Crippen molar-refractivity contribution in [2.45, 2.75) is 45.7 Å². The molecule has 0 saturated heterocycles. The number of halogens is 1. The maximum Gasteiger partial charge on any atom is 0.242 e. The Bertz CT molecular complexity index is 584. The third-order valence-corrected chi connectivity index (χ3v) is 3.72. The Kier molecular flexibility index (Phi) is 5.96. The van der Waals surface area contributed by atoms with Gasteiger partial charge in [0.1, 0.15) is 12.4 Å². The minimum Gasteiger partial charge on any atom is -0.357 e. The lowest BCUT2D eigenvalue weighted by Crippen LogP contribution is -2.40. The van der Waals surface area contributed by atoms with Crippen LogP contribution in [0, 0.1) is 12.7 Å². The molecule has 126 valence electrons. The monoisotopic (exact) mass is 320 g/mol. The number of amides is 1. The first-order valence-corrected chi connectivity index (χ1v) is 8.10. The molecule has 0 spiro atoms. The van der Waals surface area contributed by atoms with Crippen molar-refractivity contribution in [3.8, 4) is 0 Å². The summed E-state index contributed by atoms with van der Waals surface area (Å²) in [6.07, 6.45) is 2.12.